The average molecular weight is 387 g/mol. The first-order chi connectivity index (χ1) is 12.3. The van der Waals surface area contributed by atoms with E-state index in [9.17, 15) is 18.0 Å². The Balaban J connectivity index is 2.00. The van der Waals surface area contributed by atoms with Gasteiger partial charge in [0, 0.05) is 18.2 Å². The normalized spacial score (nSPS) is 18.0. The lowest BCUT2D eigenvalue weighted by Crippen LogP contribution is -2.38. The van der Waals surface area contributed by atoms with Crippen LogP contribution >= 0.6 is 0 Å². The summed E-state index contributed by atoms with van der Waals surface area (Å²) in [6.45, 7) is -0.535. The van der Waals surface area contributed by atoms with Crippen molar-refractivity contribution in [1.82, 2.24) is 5.32 Å². The lowest BCUT2D eigenvalue weighted by Gasteiger charge is -2.14. The molecule has 26 heavy (non-hydrogen) atoms. The Labute approximate surface area is 151 Å². The molecule has 2 rings (SSSR count). The number of benzene rings is 1. The van der Waals surface area contributed by atoms with Gasteiger partial charge in [0.05, 0.1) is 32.8 Å². The number of carbonyl (C=O) groups is 2. The van der Waals surface area contributed by atoms with Gasteiger partial charge in [0.25, 0.3) is 5.91 Å². The molecule has 9 nitrogen and oxygen atoms in total. The summed E-state index contributed by atoms with van der Waals surface area (Å²) in [4.78, 5) is 24.1. The smallest absolute Gasteiger partial charge is 0.342 e. The van der Waals surface area contributed by atoms with Gasteiger partial charge in [-0.2, -0.15) is 0 Å². The van der Waals surface area contributed by atoms with Crippen LogP contribution in [0.1, 0.15) is 16.8 Å². The number of carbonyl (C=O) groups excluding carboxylic acids is 2. The highest BCUT2D eigenvalue weighted by Gasteiger charge is 2.29. The van der Waals surface area contributed by atoms with Crippen molar-refractivity contribution in [2.24, 2.45) is 0 Å². The van der Waals surface area contributed by atoms with Gasteiger partial charge in [0.15, 0.2) is 27.9 Å². The molecule has 1 aliphatic rings. The Kier molecular flexibility index (Phi) is 6.30. The fraction of sp³-hybridized carbons (Fsp3) is 0.500. The second kappa shape index (κ2) is 8.26. The summed E-state index contributed by atoms with van der Waals surface area (Å²) in [5, 5.41) is 2.54. The SMILES string of the molecule is COc1cc(OC)c(C(=O)OCC(=O)N[C@@H]2CCS(=O)(=O)C2)cc1OC. The highest BCUT2D eigenvalue weighted by Crippen LogP contribution is 2.34. The van der Waals surface area contributed by atoms with Crippen LogP contribution in [-0.2, 0) is 19.4 Å². The molecule has 1 amide bonds. The Hall–Kier alpha value is -2.49. The van der Waals surface area contributed by atoms with Crippen molar-refractivity contribution in [2.45, 2.75) is 12.5 Å². The van der Waals surface area contributed by atoms with Crippen LogP contribution < -0.4 is 19.5 Å². The number of hydrogen-bond acceptors (Lipinski definition) is 8. The van der Waals surface area contributed by atoms with Crippen LogP contribution in [0.15, 0.2) is 12.1 Å². The second-order valence-electron chi connectivity index (χ2n) is 5.65. The predicted molar refractivity (Wildman–Crippen MR) is 91.6 cm³/mol. The molecule has 1 N–H and O–H groups in total. The topological polar surface area (TPSA) is 117 Å². The third-order valence-corrected chi connectivity index (χ3v) is 5.63. The Morgan fingerprint density at radius 2 is 1.69 bits per heavy atom. The van der Waals surface area contributed by atoms with Gasteiger partial charge in [0.1, 0.15) is 11.3 Å². The first kappa shape index (κ1) is 19.8. The number of ether oxygens (including phenoxy) is 4. The number of sulfone groups is 1. The standard InChI is InChI=1S/C16H21NO8S/c1-22-12-7-14(24-3)13(23-2)6-11(12)16(19)25-8-15(18)17-10-4-5-26(20,21)9-10/h6-7,10H,4-5,8-9H2,1-3H3,(H,17,18)/t10-/m1/s1. The first-order valence-electron chi connectivity index (χ1n) is 7.76. The van der Waals surface area contributed by atoms with E-state index in [0.29, 0.717) is 17.9 Å². The third-order valence-electron chi connectivity index (χ3n) is 3.86. The molecule has 1 aliphatic heterocycles. The number of esters is 1. The second-order valence-corrected chi connectivity index (χ2v) is 7.88. The van der Waals surface area contributed by atoms with Gasteiger partial charge in [-0.15, -0.1) is 0 Å². The van der Waals surface area contributed by atoms with Crippen LogP contribution in [0.5, 0.6) is 17.2 Å². The van der Waals surface area contributed by atoms with Crippen LogP contribution in [0.2, 0.25) is 0 Å². The zero-order valence-electron chi connectivity index (χ0n) is 14.7. The summed E-state index contributed by atoms with van der Waals surface area (Å²) < 4.78 is 43.2. The molecule has 0 aromatic heterocycles. The van der Waals surface area contributed by atoms with E-state index in [1.807, 2.05) is 0 Å². The molecule has 0 radical (unpaired) electrons. The molecule has 1 fully saturated rings. The van der Waals surface area contributed by atoms with Gasteiger partial charge in [-0.05, 0) is 6.42 Å². The van der Waals surface area contributed by atoms with Crippen LogP contribution in [0.3, 0.4) is 0 Å². The molecular weight excluding hydrogens is 366 g/mol. The largest absolute Gasteiger partial charge is 0.496 e. The number of nitrogens with one attached hydrogen (secondary N) is 1. The van der Waals surface area contributed by atoms with E-state index in [-0.39, 0.29) is 22.8 Å². The van der Waals surface area contributed by atoms with Crippen molar-refractivity contribution in [3.8, 4) is 17.2 Å². The van der Waals surface area contributed by atoms with E-state index in [4.69, 9.17) is 18.9 Å². The minimum atomic E-state index is -3.10. The molecule has 0 saturated carbocycles. The lowest BCUT2D eigenvalue weighted by atomic mass is 10.1. The molecular formula is C16H21NO8S. The Morgan fingerprint density at radius 3 is 2.23 bits per heavy atom. The molecule has 1 atom stereocenters. The zero-order valence-corrected chi connectivity index (χ0v) is 15.6. The van der Waals surface area contributed by atoms with E-state index in [2.05, 4.69) is 5.32 Å². The number of hydrogen-bond donors (Lipinski definition) is 1. The van der Waals surface area contributed by atoms with Crippen molar-refractivity contribution in [3.63, 3.8) is 0 Å². The molecule has 144 valence electrons. The minimum Gasteiger partial charge on any atom is -0.496 e. The molecule has 0 spiro atoms. The van der Waals surface area contributed by atoms with Gasteiger partial charge in [-0.1, -0.05) is 0 Å². The van der Waals surface area contributed by atoms with Crippen molar-refractivity contribution in [2.75, 3.05) is 39.4 Å². The summed E-state index contributed by atoms with van der Waals surface area (Å²) in [7, 11) is 1.14. The summed E-state index contributed by atoms with van der Waals surface area (Å²) in [6.07, 6.45) is 0.353. The number of methoxy groups -OCH3 is 3. The zero-order chi connectivity index (χ0) is 19.3. The fourth-order valence-electron chi connectivity index (χ4n) is 2.58. The molecule has 0 unspecified atom stereocenters. The quantitative estimate of drug-likeness (QED) is 0.658. The van der Waals surface area contributed by atoms with E-state index in [0.717, 1.165) is 0 Å². The van der Waals surface area contributed by atoms with Crippen molar-refractivity contribution in [3.05, 3.63) is 17.7 Å². The van der Waals surface area contributed by atoms with Crippen LogP contribution in [-0.4, -0.2) is 65.8 Å². The molecule has 1 aromatic carbocycles. The van der Waals surface area contributed by atoms with Crippen molar-refractivity contribution in [1.29, 1.82) is 0 Å². The van der Waals surface area contributed by atoms with Gasteiger partial charge in [-0.3, -0.25) is 4.79 Å². The predicted octanol–water partition coefficient (Wildman–Crippen LogP) is 0.173. The summed E-state index contributed by atoms with van der Waals surface area (Å²) in [5.41, 5.74) is 0.0707. The van der Waals surface area contributed by atoms with Gasteiger partial charge >= 0.3 is 5.97 Å². The molecule has 1 aromatic rings. The average Bonchev–Trinajstić information content (AvgIpc) is 2.96. The Bertz CT molecular complexity index is 790. The first-order valence-corrected chi connectivity index (χ1v) is 9.58. The van der Waals surface area contributed by atoms with E-state index >= 15 is 0 Å². The monoisotopic (exact) mass is 387 g/mol. The number of amides is 1. The van der Waals surface area contributed by atoms with Crippen LogP contribution in [0, 0.1) is 0 Å². The number of rotatable bonds is 7. The lowest BCUT2D eigenvalue weighted by molar-refractivity contribution is -0.124. The molecule has 0 bridgehead atoms. The van der Waals surface area contributed by atoms with Crippen molar-refractivity contribution < 1.29 is 37.0 Å². The summed E-state index contributed by atoms with van der Waals surface area (Å²) in [6, 6.07) is 2.40. The Morgan fingerprint density at radius 1 is 1.08 bits per heavy atom. The van der Waals surface area contributed by atoms with Gasteiger partial charge in [0.2, 0.25) is 0 Å². The van der Waals surface area contributed by atoms with E-state index in [1.54, 1.807) is 0 Å². The molecule has 1 saturated heterocycles. The molecule has 10 heteroatoms. The van der Waals surface area contributed by atoms with Gasteiger partial charge < -0.3 is 24.3 Å². The van der Waals surface area contributed by atoms with Crippen molar-refractivity contribution >= 4 is 21.7 Å². The summed E-state index contributed by atoms with van der Waals surface area (Å²) >= 11 is 0. The van der Waals surface area contributed by atoms with E-state index < -0.39 is 34.4 Å². The maximum absolute atomic E-state index is 12.3. The maximum atomic E-state index is 12.3. The molecule has 0 aliphatic carbocycles. The minimum absolute atomic E-state index is 0.0422. The highest BCUT2D eigenvalue weighted by atomic mass is 32.2. The van der Waals surface area contributed by atoms with Gasteiger partial charge in [-0.25, -0.2) is 13.2 Å². The highest BCUT2D eigenvalue weighted by molar-refractivity contribution is 7.91. The molecule has 1 heterocycles. The maximum Gasteiger partial charge on any atom is 0.342 e. The fourth-order valence-corrected chi connectivity index (χ4v) is 4.25. The summed E-state index contributed by atoms with van der Waals surface area (Å²) in [5.74, 6) is -0.523. The third kappa shape index (κ3) is 4.78. The van der Waals surface area contributed by atoms with Crippen LogP contribution in [0.25, 0.3) is 0 Å². The van der Waals surface area contributed by atoms with E-state index in [1.165, 1.54) is 33.5 Å². The van der Waals surface area contributed by atoms with Crippen LogP contribution in [0.4, 0.5) is 0 Å².